The summed E-state index contributed by atoms with van der Waals surface area (Å²) >= 11 is 3.29. The molecule has 1 fully saturated rings. The zero-order valence-electron chi connectivity index (χ0n) is 8.48. The van der Waals surface area contributed by atoms with Crippen LogP contribution in [-0.2, 0) is 4.79 Å². The zero-order valence-corrected chi connectivity index (χ0v) is 10.1. The Morgan fingerprint density at radius 1 is 1.56 bits per heavy atom. The third kappa shape index (κ3) is 1.94. The molecule has 1 atom stereocenters. The molecule has 82 valence electrons. The van der Waals surface area contributed by atoms with Gasteiger partial charge in [-0.1, -0.05) is 15.9 Å². The topological polar surface area (TPSA) is 70.1 Å². The Hall–Kier alpha value is -1.38. The molecule has 1 aliphatic rings. The maximum atomic E-state index is 11.7. The van der Waals surface area contributed by atoms with Crippen LogP contribution in [-0.4, -0.2) is 18.5 Å². The molecule has 1 heterocycles. The highest BCUT2D eigenvalue weighted by molar-refractivity contribution is 9.10. The first kappa shape index (κ1) is 11.1. The van der Waals surface area contributed by atoms with Crippen LogP contribution in [0.1, 0.15) is 12.0 Å². The lowest BCUT2D eigenvalue weighted by molar-refractivity contribution is -0.117. The number of nitrogens with zero attached hydrogens (tertiary/aromatic N) is 2. The number of nitrogens with two attached hydrogens (primary N) is 1. The summed E-state index contributed by atoms with van der Waals surface area (Å²) in [6.45, 7) is 0.481. The Kier molecular flexibility index (Phi) is 2.95. The van der Waals surface area contributed by atoms with Crippen molar-refractivity contribution in [1.29, 1.82) is 5.26 Å². The largest absolute Gasteiger partial charge is 0.326 e. The van der Waals surface area contributed by atoms with Gasteiger partial charge < -0.3 is 10.6 Å². The van der Waals surface area contributed by atoms with Gasteiger partial charge >= 0.3 is 0 Å². The average molecular weight is 280 g/mol. The SMILES string of the molecule is N#Cc1cc(Br)ccc1N1C[C@@H](N)CC1=O. The Bertz CT molecular complexity index is 481. The van der Waals surface area contributed by atoms with Crippen LogP contribution in [0.3, 0.4) is 0 Å². The molecule has 2 rings (SSSR count). The van der Waals surface area contributed by atoms with Crippen molar-refractivity contribution in [2.45, 2.75) is 12.5 Å². The molecule has 0 bridgehead atoms. The van der Waals surface area contributed by atoms with Gasteiger partial charge in [0.1, 0.15) is 6.07 Å². The highest BCUT2D eigenvalue weighted by Crippen LogP contribution is 2.27. The molecule has 5 heteroatoms. The van der Waals surface area contributed by atoms with Crippen molar-refractivity contribution in [2.24, 2.45) is 5.73 Å². The summed E-state index contributed by atoms with van der Waals surface area (Å²) in [5.74, 6) is -0.0219. The van der Waals surface area contributed by atoms with Gasteiger partial charge in [0.15, 0.2) is 0 Å². The molecule has 16 heavy (non-hydrogen) atoms. The lowest BCUT2D eigenvalue weighted by atomic mass is 10.2. The van der Waals surface area contributed by atoms with E-state index >= 15 is 0 Å². The Labute approximate surface area is 102 Å². The minimum absolute atomic E-state index is 0.0219. The minimum Gasteiger partial charge on any atom is -0.326 e. The third-order valence-electron chi connectivity index (χ3n) is 2.52. The Balaban J connectivity index is 2.41. The fourth-order valence-electron chi connectivity index (χ4n) is 1.80. The fourth-order valence-corrected chi connectivity index (χ4v) is 2.16. The first-order valence-corrected chi connectivity index (χ1v) is 5.66. The van der Waals surface area contributed by atoms with E-state index in [1.54, 1.807) is 17.0 Å². The number of nitriles is 1. The van der Waals surface area contributed by atoms with Crippen LogP contribution in [0.2, 0.25) is 0 Å². The van der Waals surface area contributed by atoms with Gasteiger partial charge in [-0.3, -0.25) is 4.79 Å². The maximum Gasteiger partial charge on any atom is 0.228 e. The third-order valence-corrected chi connectivity index (χ3v) is 3.02. The number of anilines is 1. The van der Waals surface area contributed by atoms with Crippen molar-refractivity contribution in [3.63, 3.8) is 0 Å². The monoisotopic (exact) mass is 279 g/mol. The van der Waals surface area contributed by atoms with E-state index in [9.17, 15) is 4.79 Å². The van der Waals surface area contributed by atoms with Crippen molar-refractivity contribution in [3.8, 4) is 6.07 Å². The summed E-state index contributed by atoms with van der Waals surface area (Å²) in [4.78, 5) is 13.2. The summed E-state index contributed by atoms with van der Waals surface area (Å²) < 4.78 is 0.823. The number of hydrogen-bond donors (Lipinski definition) is 1. The van der Waals surface area contributed by atoms with Crippen molar-refractivity contribution in [1.82, 2.24) is 0 Å². The van der Waals surface area contributed by atoms with E-state index in [1.807, 2.05) is 6.07 Å². The van der Waals surface area contributed by atoms with E-state index in [2.05, 4.69) is 22.0 Å². The van der Waals surface area contributed by atoms with Crippen molar-refractivity contribution in [2.75, 3.05) is 11.4 Å². The number of hydrogen-bond acceptors (Lipinski definition) is 3. The molecule has 0 saturated carbocycles. The maximum absolute atomic E-state index is 11.7. The van der Waals surface area contributed by atoms with Crippen LogP contribution in [0.25, 0.3) is 0 Å². The fraction of sp³-hybridized carbons (Fsp3) is 0.273. The number of benzene rings is 1. The van der Waals surface area contributed by atoms with E-state index in [-0.39, 0.29) is 11.9 Å². The molecular weight excluding hydrogens is 270 g/mol. The predicted molar refractivity (Wildman–Crippen MR) is 63.8 cm³/mol. The molecule has 1 aliphatic heterocycles. The van der Waals surface area contributed by atoms with E-state index in [1.165, 1.54) is 0 Å². The van der Waals surface area contributed by atoms with Crippen LogP contribution >= 0.6 is 15.9 Å². The minimum atomic E-state index is -0.136. The molecule has 0 radical (unpaired) electrons. The molecule has 1 saturated heterocycles. The average Bonchev–Trinajstić information content (AvgIpc) is 2.57. The van der Waals surface area contributed by atoms with Crippen molar-refractivity contribution in [3.05, 3.63) is 28.2 Å². The first-order chi connectivity index (χ1) is 7.61. The second-order valence-corrected chi connectivity index (χ2v) is 4.66. The molecule has 1 amide bonds. The van der Waals surface area contributed by atoms with Crippen molar-refractivity contribution >= 4 is 27.5 Å². The van der Waals surface area contributed by atoms with E-state index in [0.29, 0.717) is 24.2 Å². The van der Waals surface area contributed by atoms with Gasteiger partial charge in [-0.2, -0.15) is 5.26 Å². The second kappa shape index (κ2) is 4.24. The number of carbonyl (C=O) groups excluding carboxylic acids is 1. The summed E-state index contributed by atoms with van der Waals surface area (Å²) in [5.41, 5.74) is 6.85. The van der Waals surface area contributed by atoms with Gasteiger partial charge in [0.2, 0.25) is 5.91 Å². The quantitative estimate of drug-likeness (QED) is 0.845. The molecule has 1 aromatic rings. The van der Waals surface area contributed by atoms with Gasteiger partial charge in [0, 0.05) is 23.5 Å². The normalized spacial score (nSPS) is 19.9. The highest BCUT2D eigenvalue weighted by Gasteiger charge is 2.29. The predicted octanol–water partition coefficient (Wildman–Crippen LogP) is 1.38. The van der Waals surface area contributed by atoms with Gasteiger partial charge in [-0.15, -0.1) is 0 Å². The second-order valence-electron chi connectivity index (χ2n) is 3.74. The molecule has 0 spiro atoms. The van der Waals surface area contributed by atoms with Gasteiger partial charge in [-0.05, 0) is 18.2 Å². The summed E-state index contributed by atoms with van der Waals surface area (Å²) in [7, 11) is 0. The van der Waals surface area contributed by atoms with Gasteiger partial charge in [0.05, 0.1) is 11.3 Å². The van der Waals surface area contributed by atoms with E-state index in [0.717, 1.165) is 4.47 Å². The highest BCUT2D eigenvalue weighted by atomic mass is 79.9. The summed E-state index contributed by atoms with van der Waals surface area (Å²) in [6, 6.07) is 7.22. The number of halogens is 1. The Morgan fingerprint density at radius 2 is 2.31 bits per heavy atom. The zero-order chi connectivity index (χ0) is 11.7. The van der Waals surface area contributed by atoms with Crippen molar-refractivity contribution < 1.29 is 4.79 Å². The molecular formula is C11H10BrN3O. The van der Waals surface area contributed by atoms with Crippen LogP contribution in [0, 0.1) is 11.3 Å². The summed E-state index contributed by atoms with van der Waals surface area (Å²) in [5, 5.41) is 9.02. The van der Waals surface area contributed by atoms with E-state index < -0.39 is 0 Å². The lowest BCUT2D eigenvalue weighted by Crippen LogP contribution is -2.28. The molecule has 1 aromatic carbocycles. The smallest absolute Gasteiger partial charge is 0.228 e. The molecule has 0 unspecified atom stereocenters. The first-order valence-electron chi connectivity index (χ1n) is 4.87. The standard InChI is InChI=1S/C11H10BrN3O/c12-8-1-2-10(7(3-8)5-13)15-6-9(14)4-11(15)16/h1-3,9H,4,6,14H2/t9-/m0/s1. The summed E-state index contributed by atoms with van der Waals surface area (Å²) in [6.07, 6.45) is 0.348. The van der Waals surface area contributed by atoms with Crippen LogP contribution in [0.15, 0.2) is 22.7 Å². The van der Waals surface area contributed by atoms with Gasteiger partial charge in [-0.25, -0.2) is 0 Å². The van der Waals surface area contributed by atoms with E-state index in [4.69, 9.17) is 11.0 Å². The van der Waals surface area contributed by atoms with Crippen LogP contribution in [0.4, 0.5) is 5.69 Å². The van der Waals surface area contributed by atoms with Crippen LogP contribution < -0.4 is 10.6 Å². The molecule has 2 N–H and O–H groups in total. The van der Waals surface area contributed by atoms with Crippen LogP contribution in [0.5, 0.6) is 0 Å². The number of amides is 1. The molecule has 4 nitrogen and oxygen atoms in total. The Morgan fingerprint density at radius 3 is 2.88 bits per heavy atom. The van der Waals surface area contributed by atoms with Gasteiger partial charge in [0.25, 0.3) is 0 Å². The molecule has 0 aliphatic carbocycles. The molecule has 0 aromatic heterocycles. The lowest BCUT2D eigenvalue weighted by Gasteiger charge is -2.17. The number of carbonyl (C=O) groups is 1. The number of rotatable bonds is 1.